The number of hydrogen-bond acceptors (Lipinski definition) is 5. The zero-order valence-electron chi connectivity index (χ0n) is 9.28. The summed E-state index contributed by atoms with van der Waals surface area (Å²) >= 11 is 0. The monoisotopic (exact) mass is 248 g/mol. The Labute approximate surface area is 101 Å². The van der Waals surface area contributed by atoms with E-state index in [9.17, 15) is 14.9 Å². The fourth-order valence-electron chi connectivity index (χ4n) is 1.47. The summed E-state index contributed by atoms with van der Waals surface area (Å²) in [5.41, 5.74) is 0.476. The number of nitrogens with zero attached hydrogens (tertiary/aromatic N) is 2. The van der Waals surface area contributed by atoms with Crippen LogP contribution in [0.1, 0.15) is 16.2 Å². The van der Waals surface area contributed by atoms with Gasteiger partial charge in [0.1, 0.15) is 0 Å². The Morgan fingerprint density at radius 1 is 1.50 bits per heavy atom. The van der Waals surface area contributed by atoms with Crippen LogP contribution in [0.3, 0.4) is 0 Å². The van der Waals surface area contributed by atoms with E-state index in [1.807, 2.05) is 0 Å². The minimum Gasteiger partial charge on any atom is -0.475 e. The number of nitro groups is 1. The predicted octanol–water partition coefficient (Wildman–Crippen LogP) is 2.26. The molecule has 0 aliphatic heterocycles. The first-order valence-corrected chi connectivity index (χ1v) is 4.94. The van der Waals surface area contributed by atoms with Crippen molar-refractivity contribution in [1.82, 2.24) is 4.98 Å². The van der Waals surface area contributed by atoms with Gasteiger partial charge in [-0.3, -0.25) is 10.1 Å². The highest BCUT2D eigenvalue weighted by Gasteiger charge is 2.18. The molecule has 0 bridgehead atoms. The van der Waals surface area contributed by atoms with Gasteiger partial charge < -0.3 is 9.52 Å². The topological polar surface area (TPSA) is 106 Å². The van der Waals surface area contributed by atoms with Crippen molar-refractivity contribution in [2.75, 3.05) is 0 Å². The number of carboxylic acids is 1. The standard InChI is InChI=1S/C11H8N2O5/c1-6-9(11(14)15)18-10(12-6)7-3-2-4-8(5-7)13(16)17/h2-5H,1H3,(H,14,15). The lowest BCUT2D eigenvalue weighted by molar-refractivity contribution is -0.384. The minimum absolute atomic E-state index is 0.0496. The lowest BCUT2D eigenvalue weighted by Gasteiger charge is -1.95. The van der Waals surface area contributed by atoms with E-state index in [1.165, 1.54) is 25.1 Å². The SMILES string of the molecule is Cc1nc(-c2cccc([N+](=O)[O-])c2)oc1C(=O)O. The summed E-state index contributed by atoms with van der Waals surface area (Å²) < 4.78 is 5.06. The third kappa shape index (κ3) is 2.05. The van der Waals surface area contributed by atoms with Gasteiger partial charge in [0.25, 0.3) is 5.69 Å². The summed E-state index contributed by atoms with van der Waals surface area (Å²) in [4.78, 5) is 24.8. The quantitative estimate of drug-likeness (QED) is 0.659. The first-order chi connectivity index (χ1) is 8.49. The van der Waals surface area contributed by atoms with Crippen molar-refractivity contribution >= 4 is 11.7 Å². The van der Waals surface area contributed by atoms with Crippen molar-refractivity contribution in [3.8, 4) is 11.5 Å². The molecule has 92 valence electrons. The fourth-order valence-corrected chi connectivity index (χ4v) is 1.47. The molecule has 0 aliphatic rings. The third-order valence-electron chi connectivity index (χ3n) is 2.29. The molecule has 0 unspecified atom stereocenters. The van der Waals surface area contributed by atoms with Gasteiger partial charge in [0, 0.05) is 17.7 Å². The zero-order valence-corrected chi connectivity index (χ0v) is 9.28. The van der Waals surface area contributed by atoms with Crippen LogP contribution in [0, 0.1) is 17.0 Å². The lowest BCUT2D eigenvalue weighted by Crippen LogP contribution is -1.95. The second-order valence-electron chi connectivity index (χ2n) is 3.55. The van der Waals surface area contributed by atoms with E-state index >= 15 is 0 Å². The van der Waals surface area contributed by atoms with Crippen molar-refractivity contribution in [3.05, 3.63) is 45.8 Å². The number of oxazole rings is 1. The van der Waals surface area contributed by atoms with Gasteiger partial charge in [-0.25, -0.2) is 9.78 Å². The molecule has 0 radical (unpaired) electrons. The highest BCUT2D eigenvalue weighted by Crippen LogP contribution is 2.25. The highest BCUT2D eigenvalue weighted by atomic mass is 16.6. The Morgan fingerprint density at radius 3 is 2.78 bits per heavy atom. The summed E-state index contributed by atoms with van der Waals surface area (Å²) in [6, 6.07) is 5.64. The van der Waals surface area contributed by atoms with E-state index in [4.69, 9.17) is 9.52 Å². The van der Waals surface area contributed by atoms with Gasteiger partial charge in [-0.1, -0.05) is 6.07 Å². The molecule has 0 aliphatic carbocycles. The van der Waals surface area contributed by atoms with Crippen molar-refractivity contribution in [2.24, 2.45) is 0 Å². The van der Waals surface area contributed by atoms with Crippen LogP contribution in [0.5, 0.6) is 0 Å². The average molecular weight is 248 g/mol. The average Bonchev–Trinajstić information content (AvgIpc) is 2.71. The molecule has 0 saturated heterocycles. The van der Waals surface area contributed by atoms with E-state index in [2.05, 4.69) is 4.98 Å². The molecule has 0 saturated carbocycles. The molecule has 7 heteroatoms. The van der Waals surface area contributed by atoms with Crippen LogP contribution in [0.15, 0.2) is 28.7 Å². The van der Waals surface area contributed by atoms with Crippen LogP contribution in [-0.2, 0) is 0 Å². The van der Waals surface area contributed by atoms with E-state index < -0.39 is 10.9 Å². The van der Waals surface area contributed by atoms with E-state index in [0.717, 1.165) is 0 Å². The third-order valence-corrected chi connectivity index (χ3v) is 2.29. The van der Waals surface area contributed by atoms with Gasteiger partial charge in [-0.15, -0.1) is 0 Å². The first-order valence-electron chi connectivity index (χ1n) is 4.94. The predicted molar refractivity (Wildman–Crippen MR) is 60.3 cm³/mol. The number of aryl methyl sites for hydroxylation is 1. The van der Waals surface area contributed by atoms with Crippen molar-refractivity contribution in [3.63, 3.8) is 0 Å². The van der Waals surface area contributed by atoms with Crippen LogP contribution < -0.4 is 0 Å². The van der Waals surface area contributed by atoms with Crippen LogP contribution in [0.2, 0.25) is 0 Å². The number of benzene rings is 1. The maximum Gasteiger partial charge on any atom is 0.373 e. The largest absolute Gasteiger partial charge is 0.475 e. The maximum absolute atomic E-state index is 10.8. The first kappa shape index (κ1) is 11.8. The van der Waals surface area contributed by atoms with Crippen molar-refractivity contribution < 1.29 is 19.2 Å². The van der Waals surface area contributed by atoms with E-state index in [1.54, 1.807) is 6.07 Å². The number of carbonyl (C=O) groups is 1. The van der Waals surface area contributed by atoms with Gasteiger partial charge in [0.15, 0.2) is 0 Å². The molecule has 1 heterocycles. The molecule has 7 nitrogen and oxygen atoms in total. The second kappa shape index (κ2) is 4.28. The Morgan fingerprint density at radius 2 is 2.22 bits per heavy atom. The van der Waals surface area contributed by atoms with E-state index in [0.29, 0.717) is 5.56 Å². The number of aromatic carboxylic acids is 1. The molecule has 18 heavy (non-hydrogen) atoms. The molecule has 0 amide bonds. The molecule has 1 N–H and O–H groups in total. The smallest absolute Gasteiger partial charge is 0.373 e. The Balaban J connectivity index is 2.49. The van der Waals surface area contributed by atoms with Crippen molar-refractivity contribution in [2.45, 2.75) is 6.92 Å². The number of aromatic nitrogens is 1. The van der Waals surface area contributed by atoms with Gasteiger partial charge in [0.05, 0.1) is 10.6 Å². The van der Waals surface area contributed by atoms with Crippen LogP contribution in [0.25, 0.3) is 11.5 Å². The number of non-ortho nitro benzene ring substituents is 1. The minimum atomic E-state index is -1.23. The molecule has 0 spiro atoms. The summed E-state index contributed by atoms with van der Waals surface area (Å²) in [6.07, 6.45) is 0. The number of nitro benzene ring substituents is 1. The van der Waals surface area contributed by atoms with E-state index in [-0.39, 0.29) is 23.0 Å². The zero-order chi connectivity index (χ0) is 13.3. The Hall–Kier alpha value is -2.70. The summed E-state index contributed by atoms with van der Waals surface area (Å²) in [5, 5.41) is 19.5. The van der Waals surface area contributed by atoms with Gasteiger partial charge in [-0.05, 0) is 13.0 Å². The molecular weight excluding hydrogens is 240 g/mol. The van der Waals surface area contributed by atoms with Gasteiger partial charge >= 0.3 is 5.97 Å². The second-order valence-corrected chi connectivity index (χ2v) is 3.55. The van der Waals surface area contributed by atoms with Crippen LogP contribution in [0.4, 0.5) is 5.69 Å². The fraction of sp³-hybridized carbons (Fsp3) is 0.0909. The van der Waals surface area contributed by atoms with Crippen LogP contribution >= 0.6 is 0 Å². The molecule has 2 aromatic rings. The number of carboxylic acid groups (broad SMARTS) is 1. The summed E-state index contributed by atoms with van der Waals surface area (Å²) in [7, 11) is 0. The molecule has 1 aromatic heterocycles. The maximum atomic E-state index is 10.8. The molecule has 0 fully saturated rings. The normalized spacial score (nSPS) is 10.3. The number of rotatable bonds is 3. The molecule has 0 atom stereocenters. The van der Waals surface area contributed by atoms with Gasteiger partial charge in [0.2, 0.25) is 11.7 Å². The summed E-state index contributed by atoms with van der Waals surface area (Å²) in [6.45, 7) is 1.49. The Kier molecular flexibility index (Phi) is 2.80. The van der Waals surface area contributed by atoms with Gasteiger partial charge in [-0.2, -0.15) is 0 Å². The molecule has 1 aromatic carbocycles. The summed E-state index contributed by atoms with van der Waals surface area (Å²) in [5.74, 6) is -1.44. The van der Waals surface area contributed by atoms with Crippen molar-refractivity contribution in [1.29, 1.82) is 0 Å². The number of hydrogen-bond donors (Lipinski definition) is 1. The highest BCUT2D eigenvalue weighted by molar-refractivity contribution is 5.86. The lowest BCUT2D eigenvalue weighted by atomic mass is 10.2. The Bertz CT molecular complexity index is 632. The van der Waals surface area contributed by atoms with Crippen LogP contribution in [-0.4, -0.2) is 21.0 Å². The molecular formula is C11H8N2O5. The molecule has 2 rings (SSSR count).